The first-order chi connectivity index (χ1) is 18.9. The fourth-order valence-corrected chi connectivity index (χ4v) is 5.13. The van der Waals surface area contributed by atoms with Crippen LogP contribution in [0.5, 0.6) is 17.2 Å². The van der Waals surface area contributed by atoms with Gasteiger partial charge in [0.05, 0.1) is 37.3 Å². The van der Waals surface area contributed by atoms with E-state index in [-0.39, 0.29) is 17.1 Å². The molecule has 4 aromatic rings. The maximum Gasteiger partial charge on any atom is 0.290 e. The normalized spacial score (nSPS) is 14.5. The van der Waals surface area contributed by atoms with Crippen molar-refractivity contribution in [3.8, 4) is 17.2 Å². The minimum Gasteiger partial charge on any atom is -0.497 e. The van der Waals surface area contributed by atoms with Crippen LogP contribution in [0.1, 0.15) is 58.3 Å². The standard InChI is InChI=1S/C32H33NO6/c1-6-37-25-13-10-22(18-27(25)38-7-2)29-28-30(34)24-16-19(3)20(4)17-26(24)39-31(28)32(35)33(29)15-14-21-8-11-23(36-5)12-9-21/h8-13,16-18,29H,6-7,14-15H2,1-5H3. The summed E-state index contributed by atoms with van der Waals surface area (Å²) in [5.41, 5.74) is 4.40. The van der Waals surface area contributed by atoms with Gasteiger partial charge in [-0.1, -0.05) is 18.2 Å². The number of carbonyl (C=O) groups excluding carboxylic acids is 1. The highest BCUT2D eigenvalue weighted by atomic mass is 16.5. The minimum atomic E-state index is -0.622. The first-order valence-corrected chi connectivity index (χ1v) is 13.3. The van der Waals surface area contributed by atoms with Crippen molar-refractivity contribution in [2.24, 2.45) is 0 Å². The Morgan fingerprint density at radius 3 is 2.26 bits per heavy atom. The Hall–Kier alpha value is -4.26. The second-order valence-electron chi connectivity index (χ2n) is 9.68. The van der Waals surface area contributed by atoms with Gasteiger partial charge >= 0.3 is 0 Å². The van der Waals surface area contributed by atoms with Crippen LogP contribution >= 0.6 is 0 Å². The SMILES string of the molecule is CCOc1ccc(C2c3c(oc4cc(C)c(C)cc4c3=O)C(=O)N2CCc2ccc(OC)cc2)cc1OCC. The molecule has 1 unspecified atom stereocenters. The summed E-state index contributed by atoms with van der Waals surface area (Å²) in [6.07, 6.45) is 0.599. The zero-order valence-corrected chi connectivity index (χ0v) is 23.0. The highest BCUT2D eigenvalue weighted by Crippen LogP contribution is 2.41. The van der Waals surface area contributed by atoms with Crippen molar-refractivity contribution >= 4 is 16.9 Å². The van der Waals surface area contributed by atoms with E-state index in [2.05, 4.69) is 0 Å². The zero-order valence-electron chi connectivity index (χ0n) is 23.0. The lowest BCUT2D eigenvalue weighted by Crippen LogP contribution is -2.31. The van der Waals surface area contributed by atoms with E-state index >= 15 is 0 Å². The van der Waals surface area contributed by atoms with Crippen molar-refractivity contribution in [2.45, 2.75) is 40.2 Å². The Morgan fingerprint density at radius 1 is 0.872 bits per heavy atom. The fraction of sp³-hybridized carbons (Fsp3) is 0.312. The molecule has 1 aliphatic heterocycles. The van der Waals surface area contributed by atoms with Crippen molar-refractivity contribution in [1.82, 2.24) is 4.90 Å². The predicted octanol–water partition coefficient (Wildman–Crippen LogP) is 6.00. The maximum atomic E-state index is 14.0. The van der Waals surface area contributed by atoms with Crippen molar-refractivity contribution in [3.05, 3.63) is 98.4 Å². The van der Waals surface area contributed by atoms with Crippen LogP contribution in [0.25, 0.3) is 11.0 Å². The van der Waals surface area contributed by atoms with Crippen LogP contribution in [-0.4, -0.2) is 37.7 Å². The molecule has 0 saturated heterocycles. The molecule has 0 aliphatic carbocycles. The molecule has 0 saturated carbocycles. The molecule has 0 fully saturated rings. The van der Waals surface area contributed by atoms with Gasteiger partial charge in [-0.25, -0.2) is 0 Å². The molecule has 0 N–H and O–H groups in total. The first-order valence-electron chi connectivity index (χ1n) is 13.3. The molecule has 2 heterocycles. The lowest BCUT2D eigenvalue weighted by molar-refractivity contribution is 0.0729. The minimum absolute atomic E-state index is 0.0994. The van der Waals surface area contributed by atoms with E-state index in [0.29, 0.717) is 54.2 Å². The number of hydrogen-bond acceptors (Lipinski definition) is 6. The number of aryl methyl sites for hydroxylation is 2. The first kappa shape index (κ1) is 26.4. The summed E-state index contributed by atoms with van der Waals surface area (Å²) in [7, 11) is 1.63. The number of ether oxygens (including phenoxy) is 3. The fourth-order valence-electron chi connectivity index (χ4n) is 5.13. The van der Waals surface area contributed by atoms with Gasteiger partial charge in [0.25, 0.3) is 5.91 Å². The molecule has 0 radical (unpaired) electrons. The van der Waals surface area contributed by atoms with Gasteiger partial charge in [0, 0.05) is 6.54 Å². The smallest absolute Gasteiger partial charge is 0.290 e. The Balaban J connectivity index is 1.64. The Morgan fingerprint density at radius 2 is 1.56 bits per heavy atom. The number of hydrogen-bond donors (Lipinski definition) is 0. The predicted molar refractivity (Wildman–Crippen MR) is 150 cm³/mol. The van der Waals surface area contributed by atoms with Crippen molar-refractivity contribution in [3.63, 3.8) is 0 Å². The molecule has 5 rings (SSSR count). The van der Waals surface area contributed by atoms with Crippen LogP contribution in [0.4, 0.5) is 0 Å². The number of nitrogens with zero attached hydrogens (tertiary/aromatic N) is 1. The molecule has 1 amide bonds. The zero-order chi connectivity index (χ0) is 27.7. The van der Waals surface area contributed by atoms with Crippen LogP contribution in [0.2, 0.25) is 0 Å². The lowest BCUT2D eigenvalue weighted by atomic mass is 9.97. The second-order valence-corrected chi connectivity index (χ2v) is 9.68. The average Bonchev–Trinajstić information content (AvgIpc) is 3.21. The summed E-state index contributed by atoms with van der Waals surface area (Å²) < 4.78 is 23.1. The molecule has 202 valence electrons. The molecule has 7 heteroatoms. The third kappa shape index (κ3) is 4.85. The highest BCUT2D eigenvalue weighted by molar-refractivity contribution is 5.99. The summed E-state index contributed by atoms with van der Waals surface area (Å²) in [4.78, 5) is 29.5. The quantitative estimate of drug-likeness (QED) is 0.266. The van der Waals surface area contributed by atoms with E-state index in [1.807, 2.05) is 82.3 Å². The summed E-state index contributed by atoms with van der Waals surface area (Å²) in [5.74, 6) is 1.76. The van der Waals surface area contributed by atoms with Gasteiger partial charge in [0.2, 0.25) is 5.76 Å². The summed E-state index contributed by atoms with van der Waals surface area (Å²) in [6, 6.07) is 16.4. The van der Waals surface area contributed by atoms with Crippen LogP contribution < -0.4 is 19.6 Å². The van der Waals surface area contributed by atoms with Gasteiger partial charge in [-0.15, -0.1) is 0 Å². The number of fused-ring (bicyclic) bond motifs is 2. The number of carbonyl (C=O) groups is 1. The highest BCUT2D eigenvalue weighted by Gasteiger charge is 2.42. The number of benzene rings is 3. The van der Waals surface area contributed by atoms with Crippen molar-refractivity contribution in [2.75, 3.05) is 26.9 Å². The van der Waals surface area contributed by atoms with Crippen LogP contribution in [-0.2, 0) is 6.42 Å². The van der Waals surface area contributed by atoms with Crippen LogP contribution in [0.3, 0.4) is 0 Å². The third-order valence-corrected chi connectivity index (χ3v) is 7.27. The summed E-state index contributed by atoms with van der Waals surface area (Å²) >= 11 is 0. The molecular formula is C32H33NO6. The van der Waals surface area contributed by atoms with E-state index in [1.54, 1.807) is 12.0 Å². The van der Waals surface area contributed by atoms with Gasteiger partial charge in [0.1, 0.15) is 11.3 Å². The van der Waals surface area contributed by atoms with E-state index < -0.39 is 6.04 Å². The number of amides is 1. The number of methoxy groups -OCH3 is 1. The molecule has 1 aromatic heterocycles. The van der Waals surface area contributed by atoms with Crippen molar-refractivity contribution < 1.29 is 23.4 Å². The van der Waals surface area contributed by atoms with Gasteiger partial charge in [-0.05, 0) is 92.8 Å². The summed E-state index contributed by atoms with van der Waals surface area (Å²) in [6.45, 7) is 9.09. The summed E-state index contributed by atoms with van der Waals surface area (Å²) in [5, 5.41) is 0.475. The Labute approximate surface area is 227 Å². The molecular weight excluding hydrogens is 494 g/mol. The topological polar surface area (TPSA) is 78.2 Å². The monoisotopic (exact) mass is 527 g/mol. The average molecular weight is 528 g/mol. The molecule has 0 bridgehead atoms. The van der Waals surface area contributed by atoms with Gasteiger partial charge in [0.15, 0.2) is 16.9 Å². The molecule has 1 aliphatic rings. The van der Waals surface area contributed by atoms with E-state index in [4.69, 9.17) is 18.6 Å². The van der Waals surface area contributed by atoms with Crippen molar-refractivity contribution in [1.29, 1.82) is 0 Å². The van der Waals surface area contributed by atoms with Crippen LogP contribution in [0.15, 0.2) is 63.8 Å². The van der Waals surface area contributed by atoms with E-state index in [1.165, 1.54) is 0 Å². The molecule has 1 atom stereocenters. The van der Waals surface area contributed by atoms with Gasteiger partial charge in [-0.3, -0.25) is 9.59 Å². The molecule has 3 aromatic carbocycles. The Bertz CT molecular complexity index is 1590. The van der Waals surface area contributed by atoms with E-state index in [9.17, 15) is 9.59 Å². The lowest BCUT2D eigenvalue weighted by Gasteiger charge is -2.26. The number of rotatable bonds is 9. The van der Waals surface area contributed by atoms with E-state index in [0.717, 1.165) is 28.0 Å². The molecule has 0 spiro atoms. The third-order valence-electron chi connectivity index (χ3n) is 7.27. The second kappa shape index (κ2) is 10.8. The van der Waals surface area contributed by atoms with Gasteiger partial charge < -0.3 is 23.5 Å². The van der Waals surface area contributed by atoms with Crippen LogP contribution in [0, 0.1) is 13.8 Å². The molecule has 39 heavy (non-hydrogen) atoms. The maximum absolute atomic E-state index is 14.0. The largest absolute Gasteiger partial charge is 0.497 e. The van der Waals surface area contributed by atoms with Gasteiger partial charge in [-0.2, -0.15) is 0 Å². The Kier molecular flexibility index (Phi) is 7.33. The molecule has 7 nitrogen and oxygen atoms in total.